The van der Waals surface area contributed by atoms with Gasteiger partial charge in [0.05, 0.1) is 7.11 Å². The number of methoxy groups -OCH3 is 1. The molecule has 0 saturated heterocycles. The molecule has 5 heteroatoms. The molecule has 1 aromatic rings. The second-order valence-electron chi connectivity index (χ2n) is 4.82. The SMILES string of the molecule is COC(=O)C(CC(C)C)NCc1ccc(Cl)cc1Br. The van der Waals surface area contributed by atoms with Crippen LogP contribution in [0.4, 0.5) is 0 Å². The Bertz CT molecular complexity index is 437. The van der Waals surface area contributed by atoms with Crippen molar-refractivity contribution in [1.82, 2.24) is 5.32 Å². The summed E-state index contributed by atoms with van der Waals surface area (Å²) in [5, 5.41) is 3.91. The van der Waals surface area contributed by atoms with Crippen molar-refractivity contribution in [3.63, 3.8) is 0 Å². The summed E-state index contributed by atoms with van der Waals surface area (Å²) in [6.45, 7) is 4.75. The molecule has 1 N–H and O–H groups in total. The number of carbonyl (C=O) groups excluding carboxylic acids is 1. The Morgan fingerprint density at radius 1 is 1.47 bits per heavy atom. The third kappa shape index (κ3) is 5.51. The van der Waals surface area contributed by atoms with Gasteiger partial charge in [0.1, 0.15) is 6.04 Å². The average Bonchev–Trinajstić information content (AvgIpc) is 2.34. The molecule has 0 bridgehead atoms. The minimum Gasteiger partial charge on any atom is -0.468 e. The Labute approximate surface area is 127 Å². The Hall–Kier alpha value is -0.580. The molecular formula is C14H19BrClNO2. The molecule has 3 nitrogen and oxygen atoms in total. The van der Waals surface area contributed by atoms with E-state index in [1.54, 1.807) is 0 Å². The topological polar surface area (TPSA) is 38.3 Å². The van der Waals surface area contributed by atoms with E-state index in [-0.39, 0.29) is 12.0 Å². The molecule has 0 radical (unpaired) electrons. The normalized spacial score (nSPS) is 12.5. The maximum atomic E-state index is 11.7. The molecule has 106 valence electrons. The zero-order chi connectivity index (χ0) is 14.4. The molecule has 0 saturated carbocycles. The number of hydrogen-bond donors (Lipinski definition) is 1. The lowest BCUT2D eigenvalue weighted by molar-refractivity contribution is -0.143. The smallest absolute Gasteiger partial charge is 0.322 e. The van der Waals surface area contributed by atoms with Crippen molar-refractivity contribution in [2.24, 2.45) is 5.92 Å². The van der Waals surface area contributed by atoms with Gasteiger partial charge in [0.2, 0.25) is 0 Å². The lowest BCUT2D eigenvalue weighted by atomic mass is 10.0. The van der Waals surface area contributed by atoms with Crippen molar-refractivity contribution >= 4 is 33.5 Å². The Kier molecular flexibility index (Phi) is 6.83. The number of nitrogens with one attached hydrogen (secondary N) is 1. The van der Waals surface area contributed by atoms with Crippen molar-refractivity contribution in [3.05, 3.63) is 33.3 Å². The zero-order valence-electron chi connectivity index (χ0n) is 11.4. The average molecular weight is 349 g/mol. The van der Waals surface area contributed by atoms with Gasteiger partial charge in [-0.25, -0.2) is 0 Å². The largest absolute Gasteiger partial charge is 0.468 e. The number of esters is 1. The van der Waals surface area contributed by atoms with Gasteiger partial charge in [-0.2, -0.15) is 0 Å². The number of hydrogen-bond acceptors (Lipinski definition) is 3. The van der Waals surface area contributed by atoms with Crippen LogP contribution in [0, 0.1) is 5.92 Å². The summed E-state index contributed by atoms with van der Waals surface area (Å²) in [7, 11) is 1.41. The first kappa shape index (κ1) is 16.5. The minimum absolute atomic E-state index is 0.223. The quantitative estimate of drug-likeness (QED) is 0.795. The molecule has 0 spiro atoms. The molecule has 0 heterocycles. The fourth-order valence-electron chi connectivity index (χ4n) is 1.77. The van der Waals surface area contributed by atoms with Crippen molar-refractivity contribution in [1.29, 1.82) is 0 Å². The minimum atomic E-state index is -0.285. The zero-order valence-corrected chi connectivity index (χ0v) is 13.7. The lowest BCUT2D eigenvalue weighted by Crippen LogP contribution is -2.38. The molecule has 0 aliphatic carbocycles. The van der Waals surface area contributed by atoms with Gasteiger partial charge >= 0.3 is 5.97 Å². The third-order valence-electron chi connectivity index (χ3n) is 2.75. The number of halogens is 2. The monoisotopic (exact) mass is 347 g/mol. The summed E-state index contributed by atoms with van der Waals surface area (Å²) in [4.78, 5) is 11.7. The second kappa shape index (κ2) is 7.88. The highest BCUT2D eigenvalue weighted by molar-refractivity contribution is 9.10. The van der Waals surface area contributed by atoms with Crippen LogP contribution in [0.5, 0.6) is 0 Å². The van der Waals surface area contributed by atoms with E-state index in [0.717, 1.165) is 16.5 Å². The first-order valence-corrected chi connectivity index (χ1v) is 7.36. The fraction of sp³-hybridized carbons (Fsp3) is 0.500. The van der Waals surface area contributed by atoms with Crippen molar-refractivity contribution < 1.29 is 9.53 Å². The summed E-state index contributed by atoms with van der Waals surface area (Å²) < 4.78 is 5.75. The Morgan fingerprint density at radius 2 is 2.16 bits per heavy atom. The van der Waals surface area contributed by atoms with E-state index >= 15 is 0 Å². The van der Waals surface area contributed by atoms with Crippen molar-refractivity contribution in [2.45, 2.75) is 32.9 Å². The predicted molar refractivity (Wildman–Crippen MR) is 81.3 cm³/mol. The van der Waals surface area contributed by atoms with Gasteiger partial charge in [-0.15, -0.1) is 0 Å². The van der Waals surface area contributed by atoms with Crippen molar-refractivity contribution in [3.8, 4) is 0 Å². The van der Waals surface area contributed by atoms with E-state index in [2.05, 4.69) is 35.1 Å². The van der Waals surface area contributed by atoms with Gasteiger partial charge < -0.3 is 10.1 Å². The van der Waals surface area contributed by atoms with Crippen LogP contribution in [0.15, 0.2) is 22.7 Å². The Morgan fingerprint density at radius 3 is 2.68 bits per heavy atom. The first-order chi connectivity index (χ1) is 8.93. The molecule has 0 amide bonds. The molecule has 19 heavy (non-hydrogen) atoms. The molecular weight excluding hydrogens is 330 g/mol. The van der Waals surface area contributed by atoms with Crippen LogP contribution in [0.3, 0.4) is 0 Å². The molecule has 0 aliphatic rings. The maximum absolute atomic E-state index is 11.7. The van der Waals surface area contributed by atoms with Crippen LogP contribution in [0.1, 0.15) is 25.8 Å². The summed E-state index contributed by atoms with van der Waals surface area (Å²) >= 11 is 9.36. The van der Waals surface area contributed by atoms with E-state index < -0.39 is 0 Å². The van der Waals surface area contributed by atoms with Gasteiger partial charge in [-0.05, 0) is 30.0 Å². The van der Waals surface area contributed by atoms with Gasteiger partial charge in [-0.1, -0.05) is 47.4 Å². The van der Waals surface area contributed by atoms with Crippen LogP contribution in [0.25, 0.3) is 0 Å². The number of benzene rings is 1. The first-order valence-electron chi connectivity index (χ1n) is 6.19. The molecule has 0 fully saturated rings. The molecule has 1 aromatic carbocycles. The van der Waals surface area contributed by atoms with Crippen LogP contribution in [-0.4, -0.2) is 19.1 Å². The molecule has 0 aliphatic heterocycles. The maximum Gasteiger partial charge on any atom is 0.322 e. The van der Waals surface area contributed by atoms with E-state index in [1.807, 2.05) is 18.2 Å². The predicted octanol–water partition coefficient (Wildman–Crippen LogP) is 3.78. The van der Waals surface area contributed by atoms with Gasteiger partial charge in [0, 0.05) is 16.0 Å². The van der Waals surface area contributed by atoms with Gasteiger partial charge in [-0.3, -0.25) is 4.79 Å². The summed E-state index contributed by atoms with van der Waals surface area (Å²) in [6, 6.07) is 5.32. The molecule has 0 aromatic heterocycles. The van der Waals surface area contributed by atoms with E-state index in [1.165, 1.54) is 7.11 Å². The van der Waals surface area contributed by atoms with Gasteiger partial charge in [0.15, 0.2) is 0 Å². The lowest BCUT2D eigenvalue weighted by Gasteiger charge is -2.18. The number of carbonyl (C=O) groups is 1. The third-order valence-corrected chi connectivity index (χ3v) is 3.72. The van der Waals surface area contributed by atoms with Crippen LogP contribution < -0.4 is 5.32 Å². The number of ether oxygens (including phenoxy) is 1. The molecule has 1 rings (SSSR count). The summed E-state index contributed by atoms with van der Waals surface area (Å²) in [5.41, 5.74) is 1.06. The molecule has 1 unspecified atom stereocenters. The molecule has 1 atom stereocenters. The highest BCUT2D eigenvalue weighted by Crippen LogP contribution is 2.21. The highest BCUT2D eigenvalue weighted by Gasteiger charge is 2.20. The van der Waals surface area contributed by atoms with E-state index in [9.17, 15) is 4.79 Å². The van der Waals surface area contributed by atoms with E-state index in [4.69, 9.17) is 16.3 Å². The summed E-state index contributed by atoms with van der Waals surface area (Å²) in [6.07, 6.45) is 0.748. The van der Waals surface area contributed by atoms with Crippen LogP contribution >= 0.6 is 27.5 Å². The van der Waals surface area contributed by atoms with E-state index in [0.29, 0.717) is 17.5 Å². The van der Waals surface area contributed by atoms with Crippen molar-refractivity contribution in [2.75, 3.05) is 7.11 Å². The fourth-order valence-corrected chi connectivity index (χ4v) is 2.60. The van der Waals surface area contributed by atoms with Crippen LogP contribution in [0.2, 0.25) is 5.02 Å². The standard InChI is InChI=1S/C14H19BrClNO2/c1-9(2)6-13(14(18)19-3)17-8-10-4-5-11(16)7-12(10)15/h4-5,7,9,13,17H,6,8H2,1-3H3. The van der Waals surface area contributed by atoms with Gasteiger partial charge in [0.25, 0.3) is 0 Å². The van der Waals surface area contributed by atoms with Crippen LogP contribution in [-0.2, 0) is 16.1 Å². The summed E-state index contributed by atoms with van der Waals surface area (Å²) in [5.74, 6) is 0.198. The number of rotatable bonds is 6. The Balaban J connectivity index is 2.67. The highest BCUT2D eigenvalue weighted by atomic mass is 79.9. The second-order valence-corrected chi connectivity index (χ2v) is 6.11.